The number of carbonyl (C=O) groups is 1. The van der Waals surface area contributed by atoms with Crippen LogP contribution in [0.15, 0.2) is 24.3 Å². The van der Waals surface area contributed by atoms with Gasteiger partial charge < -0.3 is 15.1 Å². The molecule has 1 aromatic carbocycles. The highest BCUT2D eigenvalue weighted by atomic mass is 16.1. The van der Waals surface area contributed by atoms with Crippen LogP contribution in [-0.2, 0) is 4.79 Å². The number of unbranched alkanes of at least 4 members (excludes halogenated alkanes) is 1. The molecule has 1 atom stereocenters. The number of benzene rings is 1. The topological polar surface area (TPSA) is 35.6 Å². The molecular weight excluding hydrogens is 262 g/mol. The Hall–Kier alpha value is -1.55. The van der Waals surface area contributed by atoms with Crippen molar-refractivity contribution in [3.8, 4) is 0 Å². The van der Waals surface area contributed by atoms with E-state index >= 15 is 0 Å². The molecule has 1 aromatic rings. The van der Waals surface area contributed by atoms with Crippen LogP contribution >= 0.6 is 0 Å². The number of carbonyl (C=O) groups excluding carboxylic acids is 1. The Labute approximate surface area is 129 Å². The highest BCUT2D eigenvalue weighted by Gasteiger charge is 2.15. The van der Waals surface area contributed by atoms with Crippen molar-refractivity contribution in [1.29, 1.82) is 0 Å². The average Bonchev–Trinajstić information content (AvgIpc) is 2.45. The van der Waals surface area contributed by atoms with Crippen LogP contribution in [0.3, 0.4) is 0 Å². The summed E-state index contributed by atoms with van der Waals surface area (Å²) in [6.45, 7) is 2.75. The summed E-state index contributed by atoms with van der Waals surface area (Å²) >= 11 is 0. The second-order valence-electron chi connectivity index (χ2n) is 5.87. The van der Waals surface area contributed by atoms with Crippen LogP contribution in [0.2, 0.25) is 0 Å². The van der Waals surface area contributed by atoms with Gasteiger partial charge in [-0.25, -0.2) is 0 Å². The van der Waals surface area contributed by atoms with Gasteiger partial charge in [0.05, 0.1) is 6.04 Å². The summed E-state index contributed by atoms with van der Waals surface area (Å²) in [6.07, 6.45) is 2.63. The van der Waals surface area contributed by atoms with Gasteiger partial charge in [-0.3, -0.25) is 4.79 Å². The standard InChI is InChI=1S/C17H29N3O/c1-6-7-8-17(21)18-13-16(20(4)5)14-9-11-15(12-10-14)19(2)3/h9-12,16H,6-8,13H2,1-5H3,(H,18,21). The van der Waals surface area contributed by atoms with Gasteiger partial charge in [0.25, 0.3) is 0 Å². The summed E-state index contributed by atoms with van der Waals surface area (Å²) in [6, 6.07) is 8.71. The van der Waals surface area contributed by atoms with E-state index in [0.717, 1.165) is 12.8 Å². The summed E-state index contributed by atoms with van der Waals surface area (Å²) in [7, 11) is 8.16. The molecular formula is C17H29N3O. The van der Waals surface area contributed by atoms with Crippen molar-refractivity contribution in [3.05, 3.63) is 29.8 Å². The summed E-state index contributed by atoms with van der Waals surface area (Å²) < 4.78 is 0. The smallest absolute Gasteiger partial charge is 0.220 e. The number of rotatable bonds is 8. The molecule has 1 rings (SSSR count). The van der Waals surface area contributed by atoms with Gasteiger partial charge in [0, 0.05) is 32.7 Å². The van der Waals surface area contributed by atoms with E-state index < -0.39 is 0 Å². The van der Waals surface area contributed by atoms with E-state index in [0.29, 0.717) is 13.0 Å². The molecule has 0 bridgehead atoms. The van der Waals surface area contributed by atoms with Crippen LogP contribution in [0.5, 0.6) is 0 Å². The van der Waals surface area contributed by atoms with Gasteiger partial charge >= 0.3 is 0 Å². The molecule has 0 saturated carbocycles. The predicted molar refractivity (Wildman–Crippen MR) is 89.7 cm³/mol. The van der Waals surface area contributed by atoms with E-state index in [1.54, 1.807) is 0 Å². The zero-order valence-electron chi connectivity index (χ0n) is 14.0. The second kappa shape index (κ2) is 8.67. The molecule has 1 N–H and O–H groups in total. The van der Waals surface area contributed by atoms with Crippen molar-refractivity contribution in [1.82, 2.24) is 10.2 Å². The summed E-state index contributed by atoms with van der Waals surface area (Å²) in [5.74, 6) is 0.147. The van der Waals surface area contributed by atoms with Gasteiger partial charge in [0.1, 0.15) is 0 Å². The molecule has 4 heteroatoms. The molecule has 0 saturated heterocycles. The van der Waals surface area contributed by atoms with Crippen LogP contribution in [0.4, 0.5) is 5.69 Å². The third kappa shape index (κ3) is 5.76. The minimum Gasteiger partial charge on any atom is -0.378 e. The van der Waals surface area contributed by atoms with Crippen molar-refractivity contribution in [3.63, 3.8) is 0 Å². The van der Waals surface area contributed by atoms with Gasteiger partial charge in [-0.05, 0) is 38.2 Å². The Balaban J connectivity index is 2.66. The summed E-state index contributed by atoms with van der Waals surface area (Å²) in [4.78, 5) is 16.0. The minimum absolute atomic E-state index is 0.147. The van der Waals surface area contributed by atoms with Crippen LogP contribution < -0.4 is 10.2 Å². The van der Waals surface area contributed by atoms with E-state index in [4.69, 9.17) is 0 Å². The first-order valence-electron chi connectivity index (χ1n) is 7.66. The number of anilines is 1. The molecule has 0 heterocycles. The molecule has 1 amide bonds. The van der Waals surface area contributed by atoms with Gasteiger partial charge in [-0.1, -0.05) is 25.5 Å². The quantitative estimate of drug-likeness (QED) is 0.800. The minimum atomic E-state index is 0.147. The lowest BCUT2D eigenvalue weighted by Crippen LogP contribution is -2.34. The van der Waals surface area contributed by atoms with Crippen molar-refractivity contribution in [2.75, 3.05) is 39.6 Å². The number of hydrogen-bond acceptors (Lipinski definition) is 3. The number of hydrogen-bond donors (Lipinski definition) is 1. The number of nitrogens with zero attached hydrogens (tertiary/aromatic N) is 2. The lowest BCUT2D eigenvalue weighted by atomic mass is 10.1. The molecule has 0 aliphatic rings. The molecule has 4 nitrogen and oxygen atoms in total. The molecule has 0 aliphatic carbocycles. The highest BCUT2D eigenvalue weighted by molar-refractivity contribution is 5.75. The fourth-order valence-electron chi connectivity index (χ4n) is 2.23. The van der Waals surface area contributed by atoms with Crippen LogP contribution in [0.25, 0.3) is 0 Å². The van der Waals surface area contributed by atoms with Crippen molar-refractivity contribution in [2.45, 2.75) is 32.2 Å². The van der Waals surface area contributed by atoms with Gasteiger partial charge in [0.2, 0.25) is 5.91 Å². The van der Waals surface area contributed by atoms with E-state index in [2.05, 4.69) is 46.3 Å². The van der Waals surface area contributed by atoms with E-state index in [1.807, 2.05) is 28.2 Å². The van der Waals surface area contributed by atoms with E-state index in [9.17, 15) is 4.79 Å². The molecule has 21 heavy (non-hydrogen) atoms. The highest BCUT2D eigenvalue weighted by Crippen LogP contribution is 2.20. The first-order chi connectivity index (χ1) is 9.95. The molecule has 118 valence electrons. The molecule has 1 unspecified atom stereocenters. The van der Waals surface area contributed by atoms with Crippen molar-refractivity contribution in [2.24, 2.45) is 0 Å². The maximum Gasteiger partial charge on any atom is 0.220 e. The van der Waals surface area contributed by atoms with E-state index in [1.165, 1.54) is 11.3 Å². The number of amides is 1. The Morgan fingerprint density at radius 1 is 1.14 bits per heavy atom. The predicted octanol–water partition coefficient (Wildman–Crippen LogP) is 2.66. The SMILES string of the molecule is CCCCC(=O)NCC(c1ccc(N(C)C)cc1)N(C)C. The maximum absolute atomic E-state index is 11.8. The Kier molecular flexibility index (Phi) is 7.23. The Morgan fingerprint density at radius 3 is 2.24 bits per heavy atom. The Bertz CT molecular complexity index is 426. The normalized spacial score (nSPS) is 12.3. The number of nitrogens with one attached hydrogen (secondary N) is 1. The van der Waals surface area contributed by atoms with Gasteiger partial charge in [-0.15, -0.1) is 0 Å². The maximum atomic E-state index is 11.8. The third-order valence-corrected chi connectivity index (χ3v) is 3.67. The second-order valence-corrected chi connectivity index (χ2v) is 5.87. The monoisotopic (exact) mass is 291 g/mol. The molecule has 0 spiro atoms. The first kappa shape index (κ1) is 17.5. The third-order valence-electron chi connectivity index (χ3n) is 3.67. The first-order valence-corrected chi connectivity index (χ1v) is 7.66. The molecule has 0 fully saturated rings. The van der Waals surface area contributed by atoms with Crippen molar-refractivity contribution >= 4 is 11.6 Å². The van der Waals surface area contributed by atoms with Crippen LogP contribution in [-0.4, -0.2) is 45.5 Å². The van der Waals surface area contributed by atoms with Crippen LogP contribution in [0.1, 0.15) is 37.8 Å². The average molecular weight is 291 g/mol. The molecule has 0 aliphatic heterocycles. The lowest BCUT2D eigenvalue weighted by molar-refractivity contribution is -0.121. The summed E-state index contributed by atoms with van der Waals surface area (Å²) in [5, 5.41) is 3.04. The van der Waals surface area contributed by atoms with Crippen LogP contribution in [0, 0.1) is 0 Å². The number of likely N-dealkylation sites (N-methyl/N-ethyl adjacent to an activating group) is 1. The van der Waals surface area contributed by atoms with Gasteiger partial charge in [-0.2, -0.15) is 0 Å². The zero-order valence-corrected chi connectivity index (χ0v) is 14.0. The fraction of sp³-hybridized carbons (Fsp3) is 0.588. The molecule has 0 aromatic heterocycles. The zero-order chi connectivity index (χ0) is 15.8. The largest absolute Gasteiger partial charge is 0.378 e. The lowest BCUT2D eigenvalue weighted by Gasteiger charge is -2.25. The summed E-state index contributed by atoms with van der Waals surface area (Å²) in [5.41, 5.74) is 2.41. The van der Waals surface area contributed by atoms with E-state index in [-0.39, 0.29) is 11.9 Å². The molecule has 0 radical (unpaired) electrons. The Morgan fingerprint density at radius 2 is 1.76 bits per heavy atom. The van der Waals surface area contributed by atoms with Crippen molar-refractivity contribution < 1.29 is 4.79 Å². The van der Waals surface area contributed by atoms with Gasteiger partial charge in [0.15, 0.2) is 0 Å². The fourth-order valence-corrected chi connectivity index (χ4v) is 2.23.